The van der Waals surface area contributed by atoms with E-state index in [2.05, 4.69) is 53.8 Å². The van der Waals surface area contributed by atoms with Gasteiger partial charge in [0.1, 0.15) is 12.6 Å². The first-order valence-corrected chi connectivity index (χ1v) is 16.9. The van der Waals surface area contributed by atoms with Crippen molar-refractivity contribution in [2.45, 2.75) is 88.3 Å². The zero-order chi connectivity index (χ0) is 32.0. The molecule has 8 nitrogen and oxygen atoms in total. The molecule has 1 aliphatic heterocycles. The van der Waals surface area contributed by atoms with E-state index in [1.807, 2.05) is 24.3 Å². The fourth-order valence-electron chi connectivity index (χ4n) is 7.82. The third kappa shape index (κ3) is 6.97. The first kappa shape index (κ1) is 31.8. The van der Waals surface area contributed by atoms with Crippen LogP contribution < -0.4 is 16.8 Å². The highest BCUT2D eigenvalue weighted by atomic mass is 16.5. The number of amides is 3. The van der Waals surface area contributed by atoms with Gasteiger partial charge in [0.15, 0.2) is 0 Å². The van der Waals surface area contributed by atoms with Gasteiger partial charge in [0, 0.05) is 12.5 Å². The van der Waals surface area contributed by atoms with E-state index in [1.165, 1.54) is 30.6 Å². The predicted molar refractivity (Wildman–Crippen MR) is 179 cm³/mol. The maximum Gasteiger partial charge on any atom is 0.407 e. The smallest absolute Gasteiger partial charge is 0.407 e. The minimum atomic E-state index is -0.786. The van der Waals surface area contributed by atoms with Gasteiger partial charge in [-0.3, -0.25) is 9.59 Å². The Hall–Kier alpha value is -4.17. The summed E-state index contributed by atoms with van der Waals surface area (Å²) in [6.45, 7) is 0.387. The lowest BCUT2D eigenvalue weighted by Crippen LogP contribution is -2.53. The Labute approximate surface area is 271 Å². The maximum absolute atomic E-state index is 13.2. The van der Waals surface area contributed by atoms with Gasteiger partial charge < -0.3 is 26.4 Å². The van der Waals surface area contributed by atoms with E-state index in [9.17, 15) is 14.4 Å². The van der Waals surface area contributed by atoms with Crippen LogP contribution in [0.1, 0.15) is 79.5 Å². The van der Waals surface area contributed by atoms with E-state index >= 15 is 0 Å². The van der Waals surface area contributed by atoms with Crippen LogP contribution in [0.2, 0.25) is 0 Å². The number of alkyl carbamates (subject to hydrolysis) is 1. The number of benzene rings is 3. The Kier molecular flexibility index (Phi) is 10.0. The van der Waals surface area contributed by atoms with Crippen LogP contribution in [0, 0.1) is 5.92 Å². The summed E-state index contributed by atoms with van der Waals surface area (Å²) in [7, 11) is 0. The van der Waals surface area contributed by atoms with Crippen LogP contribution in [0.3, 0.4) is 0 Å². The second kappa shape index (κ2) is 14.5. The molecule has 1 saturated carbocycles. The Morgan fingerprint density at radius 1 is 0.804 bits per heavy atom. The van der Waals surface area contributed by atoms with Gasteiger partial charge in [0.2, 0.25) is 11.8 Å². The molecule has 1 saturated heterocycles. The topological polar surface area (TPSA) is 128 Å². The van der Waals surface area contributed by atoms with Crippen LogP contribution in [0.5, 0.6) is 0 Å². The van der Waals surface area contributed by atoms with Gasteiger partial charge in [-0.05, 0) is 84.2 Å². The molecule has 46 heavy (non-hydrogen) atoms. The molecule has 3 amide bonds. The number of hydrogen-bond acceptors (Lipinski definition) is 5. The molecule has 3 aliphatic carbocycles. The normalized spacial score (nSPS) is 21.2. The van der Waals surface area contributed by atoms with E-state index in [4.69, 9.17) is 16.2 Å². The number of aryl methyl sites for hydroxylation is 2. The number of nitrogens with one attached hydrogen (secondary N) is 1. The van der Waals surface area contributed by atoms with Crippen molar-refractivity contribution in [2.24, 2.45) is 17.4 Å². The summed E-state index contributed by atoms with van der Waals surface area (Å²) < 4.78 is 5.64. The molecule has 0 aromatic heterocycles. The van der Waals surface area contributed by atoms with Crippen molar-refractivity contribution in [3.05, 3.63) is 95.1 Å². The zero-order valence-electron chi connectivity index (χ0n) is 26.5. The molecule has 0 bridgehead atoms. The zero-order valence-corrected chi connectivity index (χ0v) is 26.5. The minimum absolute atomic E-state index is 0.0448. The van der Waals surface area contributed by atoms with Crippen molar-refractivity contribution in [1.82, 2.24) is 10.2 Å². The molecule has 2 fully saturated rings. The molecule has 1 heterocycles. The van der Waals surface area contributed by atoms with Crippen molar-refractivity contribution in [2.75, 3.05) is 13.2 Å². The van der Waals surface area contributed by atoms with Crippen LogP contribution in [0.4, 0.5) is 4.79 Å². The highest BCUT2D eigenvalue weighted by Gasteiger charge is 2.42. The Balaban J connectivity index is 0.000000314. The minimum Gasteiger partial charge on any atom is -0.449 e. The molecular formula is C38H46N4O4. The summed E-state index contributed by atoms with van der Waals surface area (Å²) in [6, 6.07) is 23.2. The molecule has 4 aliphatic rings. The molecule has 7 rings (SSSR count). The van der Waals surface area contributed by atoms with Crippen molar-refractivity contribution >= 4 is 17.9 Å². The first-order valence-electron chi connectivity index (χ1n) is 16.9. The molecule has 3 atom stereocenters. The number of nitrogens with zero attached hydrogens (tertiary/aromatic N) is 1. The van der Waals surface area contributed by atoms with Crippen LogP contribution in [-0.2, 0) is 27.2 Å². The summed E-state index contributed by atoms with van der Waals surface area (Å²) in [5, 5.41) is 2.84. The number of primary amides is 1. The molecule has 3 aromatic rings. The fourth-order valence-corrected chi connectivity index (χ4v) is 7.82. The monoisotopic (exact) mass is 622 g/mol. The van der Waals surface area contributed by atoms with Crippen LogP contribution >= 0.6 is 0 Å². The number of likely N-dealkylation sites (tertiary alicyclic amines) is 1. The standard InChI is InChI=1S/C28H34N4O4.C10H12/c29-25(17-8-2-1-3-9-17)27(34)32-15-18(14-24(32)26(30)33)31-28(35)36-16-23-21-12-6-4-10-19(21)20-11-5-7-13-22(20)23;1-2-6-10-8-4-3-7-9(10)5-1/h4-7,10-13,17-18,23-25H,1-3,8-9,14-16,29H2,(H2,30,33)(H,31,35);1-2,5-6H,3-4,7-8H2. The molecule has 5 N–H and O–H groups in total. The molecular weight excluding hydrogens is 576 g/mol. The molecule has 0 radical (unpaired) electrons. The number of hydrogen-bond donors (Lipinski definition) is 3. The summed E-state index contributed by atoms with van der Waals surface area (Å²) in [6.07, 6.45) is 10.2. The Morgan fingerprint density at radius 3 is 1.96 bits per heavy atom. The van der Waals surface area contributed by atoms with Crippen LogP contribution in [0.25, 0.3) is 11.1 Å². The second-order valence-electron chi connectivity index (χ2n) is 13.2. The fraction of sp³-hybridized carbons (Fsp3) is 0.447. The van der Waals surface area contributed by atoms with Crippen molar-refractivity contribution < 1.29 is 19.1 Å². The van der Waals surface area contributed by atoms with Crippen LogP contribution in [0.15, 0.2) is 72.8 Å². The average Bonchev–Trinajstić information content (AvgIpc) is 3.67. The number of fused-ring (bicyclic) bond motifs is 4. The maximum atomic E-state index is 13.2. The van der Waals surface area contributed by atoms with Gasteiger partial charge in [-0.1, -0.05) is 92.1 Å². The summed E-state index contributed by atoms with van der Waals surface area (Å²) in [4.78, 5) is 39.5. The molecule has 0 spiro atoms. The highest BCUT2D eigenvalue weighted by molar-refractivity contribution is 5.90. The quantitative estimate of drug-likeness (QED) is 0.337. The van der Waals surface area contributed by atoms with Crippen molar-refractivity contribution in [3.63, 3.8) is 0 Å². The third-order valence-electron chi connectivity index (χ3n) is 10.3. The van der Waals surface area contributed by atoms with E-state index in [-0.39, 0.29) is 37.3 Å². The summed E-state index contributed by atoms with van der Waals surface area (Å²) in [5.74, 6) is -0.774. The Bertz CT molecular complexity index is 1480. The SMILES string of the molecule is NC(=O)C1CC(NC(=O)OCC2c3ccccc3-c3ccccc32)CN1C(=O)C(N)C1CCCCC1.c1ccc2c(c1)CCCC2. The van der Waals surface area contributed by atoms with Gasteiger partial charge in [0.25, 0.3) is 0 Å². The summed E-state index contributed by atoms with van der Waals surface area (Å²) >= 11 is 0. The molecule has 3 aromatic carbocycles. The number of carbonyl (C=O) groups excluding carboxylic acids is 3. The van der Waals surface area contributed by atoms with Gasteiger partial charge in [-0.15, -0.1) is 0 Å². The molecule has 242 valence electrons. The van der Waals surface area contributed by atoms with Gasteiger partial charge in [0.05, 0.1) is 12.1 Å². The largest absolute Gasteiger partial charge is 0.449 e. The lowest BCUT2D eigenvalue weighted by atomic mass is 9.83. The highest BCUT2D eigenvalue weighted by Crippen LogP contribution is 2.44. The third-order valence-corrected chi connectivity index (χ3v) is 10.3. The average molecular weight is 623 g/mol. The predicted octanol–water partition coefficient (Wildman–Crippen LogP) is 5.45. The lowest BCUT2D eigenvalue weighted by Gasteiger charge is -2.31. The lowest BCUT2D eigenvalue weighted by molar-refractivity contribution is -0.139. The summed E-state index contributed by atoms with van der Waals surface area (Å²) in [5.41, 5.74) is 19.7. The van der Waals surface area contributed by atoms with E-state index < -0.39 is 30.1 Å². The van der Waals surface area contributed by atoms with E-state index in [0.29, 0.717) is 0 Å². The number of nitrogens with two attached hydrogens (primary N) is 2. The van der Waals surface area contributed by atoms with E-state index in [0.717, 1.165) is 54.4 Å². The van der Waals surface area contributed by atoms with Crippen molar-refractivity contribution in [1.29, 1.82) is 0 Å². The van der Waals surface area contributed by atoms with Gasteiger partial charge >= 0.3 is 6.09 Å². The van der Waals surface area contributed by atoms with Gasteiger partial charge in [-0.2, -0.15) is 0 Å². The first-order chi connectivity index (χ1) is 22.4. The molecule has 3 unspecified atom stereocenters. The van der Waals surface area contributed by atoms with Crippen LogP contribution in [-0.4, -0.2) is 54.1 Å². The number of rotatable bonds is 6. The number of carbonyl (C=O) groups is 3. The Morgan fingerprint density at radius 2 is 1.37 bits per heavy atom. The number of ether oxygens (including phenoxy) is 1. The van der Waals surface area contributed by atoms with Gasteiger partial charge in [-0.25, -0.2) is 4.79 Å². The second-order valence-corrected chi connectivity index (χ2v) is 13.2. The van der Waals surface area contributed by atoms with Crippen molar-refractivity contribution in [3.8, 4) is 11.1 Å². The molecule has 8 heteroatoms. The van der Waals surface area contributed by atoms with E-state index in [1.54, 1.807) is 11.1 Å².